The molecular weight excluding hydrogens is 597 g/mol. The standard InChI is InChI=1S/C30H24INO6/c1-14-12-22(33)26-21(27(14)34)13-20-17(24(26)18-4-3-5-23(38-2)28(18)35)10-11-19-25(20)30(37)32(29(19)36)16-8-6-15(31)7-9-16/h3-10,12,19-20,24-25,35H,11,13H2,1-2H3. The van der Waals surface area contributed by atoms with E-state index < -0.39 is 23.7 Å². The Kier molecular flexibility index (Phi) is 5.90. The Labute approximate surface area is 233 Å². The number of carbonyl (C=O) groups excluding carboxylic acids is 4. The van der Waals surface area contributed by atoms with Crippen LogP contribution in [0, 0.1) is 21.3 Å². The number of phenols is 1. The quantitative estimate of drug-likeness (QED) is 0.232. The van der Waals surface area contributed by atoms with Gasteiger partial charge in [0.25, 0.3) is 0 Å². The van der Waals surface area contributed by atoms with Gasteiger partial charge in [-0.1, -0.05) is 23.8 Å². The number of phenolic OH excluding ortho intramolecular Hbond substituents is 1. The molecule has 2 aromatic rings. The van der Waals surface area contributed by atoms with Gasteiger partial charge in [-0.25, -0.2) is 0 Å². The summed E-state index contributed by atoms with van der Waals surface area (Å²) in [5.41, 5.74) is 2.78. The molecule has 4 atom stereocenters. The van der Waals surface area contributed by atoms with E-state index in [9.17, 15) is 24.3 Å². The molecule has 8 heteroatoms. The van der Waals surface area contributed by atoms with Crippen LogP contribution in [0.15, 0.2) is 76.9 Å². The summed E-state index contributed by atoms with van der Waals surface area (Å²) in [4.78, 5) is 55.4. The summed E-state index contributed by atoms with van der Waals surface area (Å²) in [6.45, 7) is 1.61. The number of carbonyl (C=O) groups is 4. The average Bonchev–Trinajstić information content (AvgIpc) is 3.16. The Morgan fingerprint density at radius 2 is 1.74 bits per heavy atom. The number of allylic oxidation sites excluding steroid dienone is 6. The van der Waals surface area contributed by atoms with Gasteiger partial charge in [-0.3, -0.25) is 24.1 Å². The molecule has 0 aromatic heterocycles. The predicted octanol–water partition coefficient (Wildman–Crippen LogP) is 4.64. The summed E-state index contributed by atoms with van der Waals surface area (Å²) in [6.07, 6.45) is 3.81. The fourth-order valence-electron chi connectivity index (χ4n) is 6.52. The molecule has 1 fully saturated rings. The Bertz CT molecular complexity index is 1530. The minimum absolute atomic E-state index is 0.114. The number of anilines is 1. The summed E-state index contributed by atoms with van der Waals surface area (Å²) in [7, 11) is 1.45. The lowest BCUT2D eigenvalue weighted by atomic mass is 9.59. The number of aromatic hydroxyl groups is 1. The number of benzene rings is 2. The van der Waals surface area contributed by atoms with E-state index in [2.05, 4.69) is 22.6 Å². The smallest absolute Gasteiger partial charge is 0.238 e. The second kappa shape index (κ2) is 9.04. The molecule has 1 aliphatic heterocycles. The number of ether oxygens (including phenoxy) is 1. The van der Waals surface area contributed by atoms with Crippen LogP contribution in [0.2, 0.25) is 0 Å². The monoisotopic (exact) mass is 621 g/mol. The third-order valence-electron chi connectivity index (χ3n) is 8.21. The zero-order chi connectivity index (χ0) is 26.9. The van der Waals surface area contributed by atoms with Crippen molar-refractivity contribution in [1.82, 2.24) is 0 Å². The Balaban J connectivity index is 1.51. The molecule has 3 aliphatic carbocycles. The minimum Gasteiger partial charge on any atom is -0.504 e. The molecule has 6 rings (SSSR count). The van der Waals surface area contributed by atoms with Crippen LogP contribution in [0.4, 0.5) is 5.69 Å². The molecule has 1 N–H and O–H groups in total. The normalized spacial score (nSPS) is 26.6. The summed E-state index contributed by atoms with van der Waals surface area (Å²) < 4.78 is 6.32. The minimum atomic E-state index is -0.726. The zero-order valence-electron chi connectivity index (χ0n) is 20.7. The Hall–Kier alpha value is -3.53. The lowest BCUT2D eigenvalue weighted by Gasteiger charge is -2.42. The van der Waals surface area contributed by atoms with Gasteiger partial charge in [0.2, 0.25) is 11.8 Å². The van der Waals surface area contributed by atoms with Gasteiger partial charge in [-0.2, -0.15) is 0 Å². The summed E-state index contributed by atoms with van der Waals surface area (Å²) in [6, 6.07) is 12.3. The van der Waals surface area contributed by atoms with E-state index in [-0.39, 0.29) is 41.3 Å². The lowest BCUT2D eigenvalue weighted by Crippen LogP contribution is -2.39. The number of amides is 2. The first-order valence-corrected chi connectivity index (χ1v) is 13.5. The molecule has 0 spiro atoms. The molecule has 2 amide bonds. The maximum absolute atomic E-state index is 13.9. The SMILES string of the molecule is COc1cccc(C2C3=CCC4C(=O)N(c5ccc(I)cc5)C(=O)C4C3CC3=C2C(=O)C=C(C)C3=O)c1O. The van der Waals surface area contributed by atoms with Gasteiger partial charge in [-0.15, -0.1) is 0 Å². The van der Waals surface area contributed by atoms with Crippen LogP contribution in [-0.4, -0.2) is 35.6 Å². The van der Waals surface area contributed by atoms with Crippen molar-refractivity contribution in [2.45, 2.75) is 25.7 Å². The van der Waals surface area contributed by atoms with E-state index in [1.165, 1.54) is 18.1 Å². The molecule has 0 saturated carbocycles. The van der Waals surface area contributed by atoms with Crippen molar-refractivity contribution in [1.29, 1.82) is 0 Å². The van der Waals surface area contributed by atoms with Crippen molar-refractivity contribution in [3.63, 3.8) is 0 Å². The summed E-state index contributed by atoms with van der Waals surface area (Å²) in [5, 5.41) is 11.1. The van der Waals surface area contributed by atoms with Crippen LogP contribution in [-0.2, 0) is 19.2 Å². The highest BCUT2D eigenvalue weighted by atomic mass is 127. The second-order valence-electron chi connectivity index (χ2n) is 10.1. The Morgan fingerprint density at radius 3 is 2.45 bits per heavy atom. The maximum atomic E-state index is 13.9. The lowest BCUT2D eigenvalue weighted by molar-refractivity contribution is -0.123. The van der Waals surface area contributed by atoms with E-state index in [0.717, 1.165) is 9.14 Å². The molecule has 0 bridgehead atoms. The van der Waals surface area contributed by atoms with Crippen molar-refractivity contribution in [3.8, 4) is 11.5 Å². The predicted molar refractivity (Wildman–Crippen MR) is 148 cm³/mol. The van der Waals surface area contributed by atoms with Crippen molar-refractivity contribution in [2.75, 3.05) is 12.0 Å². The summed E-state index contributed by atoms with van der Waals surface area (Å²) in [5.74, 6) is -3.33. The molecule has 2 aromatic carbocycles. The van der Waals surface area contributed by atoms with Crippen LogP contribution in [0.3, 0.4) is 0 Å². The molecule has 4 aliphatic rings. The van der Waals surface area contributed by atoms with Crippen molar-refractivity contribution in [3.05, 3.63) is 86.0 Å². The highest BCUT2D eigenvalue weighted by Crippen LogP contribution is 2.57. The van der Waals surface area contributed by atoms with Gasteiger partial charge in [0.1, 0.15) is 0 Å². The molecular formula is C30H24INO6. The second-order valence-corrected chi connectivity index (χ2v) is 11.4. The highest BCUT2D eigenvalue weighted by Gasteiger charge is 2.56. The first kappa shape index (κ1) is 24.8. The molecule has 1 saturated heterocycles. The molecule has 1 heterocycles. The number of para-hydroxylation sites is 1. The van der Waals surface area contributed by atoms with E-state index in [1.54, 1.807) is 37.3 Å². The molecule has 192 valence electrons. The van der Waals surface area contributed by atoms with E-state index >= 15 is 0 Å². The van der Waals surface area contributed by atoms with Crippen molar-refractivity contribution >= 4 is 51.7 Å². The topological polar surface area (TPSA) is 101 Å². The number of halogens is 1. The average molecular weight is 621 g/mol. The number of Topliss-reactive ketones (excluding diaryl/α,β-unsaturated/α-hetero) is 1. The van der Waals surface area contributed by atoms with Crippen LogP contribution in [0.25, 0.3) is 0 Å². The van der Waals surface area contributed by atoms with Gasteiger partial charge >= 0.3 is 0 Å². The number of ketones is 2. The fraction of sp³-hybridized carbons (Fsp3) is 0.267. The van der Waals surface area contributed by atoms with Crippen LogP contribution < -0.4 is 9.64 Å². The first-order valence-electron chi connectivity index (χ1n) is 12.4. The van der Waals surface area contributed by atoms with E-state index in [1.807, 2.05) is 18.2 Å². The van der Waals surface area contributed by atoms with E-state index in [4.69, 9.17) is 4.74 Å². The first-order chi connectivity index (χ1) is 18.2. The number of rotatable bonds is 3. The Morgan fingerprint density at radius 1 is 1.00 bits per heavy atom. The van der Waals surface area contributed by atoms with Crippen molar-refractivity contribution in [2.24, 2.45) is 17.8 Å². The number of hydrogen-bond acceptors (Lipinski definition) is 6. The van der Waals surface area contributed by atoms with Crippen LogP contribution in [0.5, 0.6) is 11.5 Å². The molecule has 7 nitrogen and oxygen atoms in total. The molecule has 38 heavy (non-hydrogen) atoms. The number of imide groups is 1. The highest BCUT2D eigenvalue weighted by molar-refractivity contribution is 14.1. The van der Waals surface area contributed by atoms with Crippen LogP contribution >= 0.6 is 22.6 Å². The summed E-state index contributed by atoms with van der Waals surface area (Å²) >= 11 is 2.17. The third kappa shape index (κ3) is 3.53. The maximum Gasteiger partial charge on any atom is 0.238 e. The largest absolute Gasteiger partial charge is 0.504 e. The number of methoxy groups -OCH3 is 1. The number of fused-ring (bicyclic) bond motifs is 3. The van der Waals surface area contributed by atoms with Gasteiger partial charge in [0.15, 0.2) is 23.1 Å². The van der Waals surface area contributed by atoms with Gasteiger partial charge in [0, 0.05) is 31.8 Å². The van der Waals surface area contributed by atoms with Gasteiger partial charge in [-0.05, 0) is 84.7 Å². The number of nitrogens with zero attached hydrogens (tertiary/aromatic N) is 1. The molecule has 4 unspecified atom stereocenters. The zero-order valence-corrected chi connectivity index (χ0v) is 22.9. The molecule has 0 radical (unpaired) electrons. The van der Waals surface area contributed by atoms with Crippen molar-refractivity contribution < 1.29 is 29.0 Å². The van der Waals surface area contributed by atoms with E-state index in [0.29, 0.717) is 34.4 Å². The third-order valence-corrected chi connectivity index (χ3v) is 8.93. The number of hydrogen-bond donors (Lipinski definition) is 1. The van der Waals surface area contributed by atoms with Crippen LogP contribution in [0.1, 0.15) is 31.2 Å². The fourth-order valence-corrected chi connectivity index (χ4v) is 6.88. The van der Waals surface area contributed by atoms with Gasteiger partial charge in [0.05, 0.1) is 24.6 Å². The van der Waals surface area contributed by atoms with Gasteiger partial charge < -0.3 is 9.84 Å².